The van der Waals surface area contributed by atoms with Crippen LogP contribution in [0, 0.1) is 0 Å². The van der Waals surface area contributed by atoms with E-state index in [4.69, 9.17) is 14.4 Å². The second kappa shape index (κ2) is 9.96. The van der Waals surface area contributed by atoms with Crippen molar-refractivity contribution in [2.24, 2.45) is 9.98 Å². The van der Waals surface area contributed by atoms with Gasteiger partial charge in [0.1, 0.15) is 23.2 Å². The molecule has 0 saturated heterocycles. The minimum atomic E-state index is -0.200. The zero-order valence-corrected chi connectivity index (χ0v) is 23.9. The second-order valence-corrected chi connectivity index (χ2v) is 11.4. The van der Waals surface area contributed by atoms with Crippen LogP contribution >= 0.6 is 0 Å². The van der Waals surface area contributed by atoms with Gasteiger partial charge in [0.2, 0.25) is 0 Å². The molecule has 0 bridgehead atoms. The molecular weight excluding hydrogens is 540 g/mol. The lowest BCUT2D eigenvalue weighted by Gasteiger charge is -2.25. The van der Waals surface area contributed by atoms with E-state index in [2.05, 4.69) is 107 Å². The molecule has 1 atom stereocenters. The highest BCUT2D eigenvalue weighted by molar-refractivity contribution is 6.18. The Bertz CT molecular complexity index is 2350. The SMILES string of the molecule is C1=C(C2=NC(c3ccccc3)NC(c3ccccc3)=N2)CCC(n2c3ccccc3c3cc4c(cc32)oc2ccccc24)=C1. The van der Waals surface area contributed by atoms with Crippen molar-refractivity contribution >= 4 is 61.1 Å². The van der Waals surface area contributed by atoms with Crippen molar-refractivity contribution in [2.45, 2.75) is 19.0 Å². The molecule has 5 heteroatoms. The van der Waals surface area contributed by atoms with E-state index < -0.39 is 0 Å². The number of amidine groups is 2. The van der Waals surface area contributed by atoms with Gasteiger partial charge in [0.05, 0.1) is 11.0 Å². The van der Waals surface area contributed by atoms with Gasteiger partial charge in [0.15, 0.2) is 5.84 Å². The summed E-state index contributed by atoms with van der Waals surface area (Å²) in [6, 6.07) is 42.1. The van der Waals surface area contributed by atoms with Gasteiger partial charge in [0, 0.05) is 38.9 Å². The van der Waals surface area contributed by atoms with Gasteiger partial charge in [-0.2, -0.15) is 0 Å². The number of allylic oxidation sites excluding steroid dienone is 3. The Morgan fingerprint density at radius 2 is 1.39 bits per heavy atom. The molecule has 0 radical (unpaired) electrons. The maximum atomic E-state index is 6.31. The largest absolute Gasteiger partial charge is 0.456 e. The molecule has 5 nitrogen and oxygen atoms in total. The Balaban J connectivity index is 1.17. The molecule has 44 heavy (non-hydrogen) atoms. The summed E-state index contributed by atoms with van der Waals surface area (Å²) < 4.78 is 8.71. The molecule has 0 fully saturated rings. The number of hydrogen-bond acceptors (Lipinski definition) is 4. The summed E-state index contributed by atoms with van der Waals surface area (Å²) in [5, 5.41) is 8.34. The van der Waals surface area contributed by atoms with Crippen molar-refractivity contribution in [2.75, 3.05) is 0 Å². The molecule has 1 N–H and O–H groups in total. The second-order valence-electron chi connectivity index (χ2n) is 11.4. The lowest BCUT2D eigenvalue weighted by atomic mass is 10.00. The summed E-state index contributed by atoms with van der Waals surface area (Å²) in [6.07, 6.45) is 5.97. The molecule has 2 aromatic heterocycles. The maximum absolute atomic E-state index is 6.31. The first-order valence-corrected chi connectivity index (χ1v) is 15.1. The Morgan fingerprint density at radius 3 is 2.20 bits per heavy atom. The normalized spacial score (nSPS) is 17.0. The van der Waals surface area contributed by atoms with Crippen LogP contribution in [0.2, 0.25) is 0 Å². The standard InChI is InChI=1S/C39H28N4O/c1-3-11-25(12-4-1)37-40-38(26-13-5-2-6-14-26)42-39(41-37)27-19-21-28(22-20-27)43-33-17-9-7-15-29(33)31-23-32-30-16-8-10-18-35(30)44-36(32)24-34(31)43/h1-19,21,23-24,37H,20,22H2,(H,40,41,42). The van der Waals surface area contributed by atoms with E-state index in [9.17, 15) is 0 Å². The summed E-state index contributed by atoms with van der Waals surface area (Å²) >= 11 is 0. The van der Waals surface area contributed by atoms with Crippen molar-refractivity contribution in [3.05, 3.63) is 150 Å². The van der Waals surface area contributed by atoms with Gasteiger partial charge in [-0.05, 0) is 48.3 Å². The Hall–Kier alpha value is -5.68. The molecule has 210 valence electrons. The van der Waals surface area contributed by atoms with Gasteiger partial charge >= 0.3 is 0 Å². The predicted molar refractivity (Wildman–Crippen MR) is 181 cm³/mol. The van der Waals surface area contributed by atoms with E-state index in [-0.39, 0.29) is 6.17 Å². The smallest absolute Gasteiger partial charge is 0.155 e. The molecule has 1 aliphatic heterocycles. The van der Waals surface area contributed by atoms with E-state index in [0.29, 0.717) is 0 Å². The fourth-order valence-corrected chi connectivity index (χ4v) is 6.64. The highest BCUT2D eigenvalue weighted by atomic mass is 16.3. The predicted octanol–water partition coefficient (Wildman–Crippen LogP) is 9.40. The molecule has 9 rings (SSSR count). The van der Waals surface area contributed by atoms with Crippen molar-refractivity contribution in [1.29, 1.82) is 0 Å². The van der Waals surface area contributed by atoms with Crippen LogP contribution in [0.5, 0.6) is 0 Å². The van der Waals surface area contributed by atoms with Gasteiger partial charge < -0.3 is 14.3 Å². The average molecular weight is 569 g/mol. The Labute approximate surface area is 254 Å². The highest BCUT2D eigenvalue weighted by Gasteiger charge is 2.24. The quantitative estimate of drug-likeness (QED) is 0.230. The van der Waals surface area contributed by atoms with Crippen LogP contribution in [-0.4, -0.2) is 16.2 Å². The third-order valence-electron chi connectivity index (χ3n) is 8.78. The zero-order valence-electron chi connectivity index (χ0n) is 23.9. The minimum Gasteiger partial charge on any atom is -0.456 e. The van der Waals surface area contributed by atoms with Crippen LogP contribution in [0.15, 0.2) is 153 Å². The number of fused-ring (bicyclic) bond motifs is 6. The molecule has 0 saturated carbocycles. The van der Waals surface area contributed by atoms with Crippen LogP contribution in [0.3, 0.4) is 0 Å². The average Bonchev–Trinajstić information content (AvgIpc) is 3.62. The summed E-state index contributed by atoms with van der Waals surface area (Å²) in [7, 11) is 0. The molecule has 0 amide bonds. The summed E-state index contributed by atoms with van der Waals surface area (Å²) in [6.45, 7) is 0. The number of nitrogens with zero attached hydrogens (tertiary/aromatic N) is 3. The first kappa shape index (κ1) is 24.9. The topological polar surface area (TPSA) is 54.8 Å². The number of aliphatic imine (C=N–C) groups is 2. The summed E-state index contributed by atoms with van der Waals surface area (Å²) in [4.78, 5) is 10.1. The number of para-hydroxylation sites is 2. The third-order valence-corrected chi connectivity index (χ3v) is 8.78. The van der Waals surface area contributed by atoms with Crippen molar-refractivity contribution in [3.8, 4) is 0 Å². The summed E-state index contributed by atoms with van der Waals surface area (Å²) in [5.74, 6) is 1.63. The molecule has 1 aliphatic carbocycles. The molecule has 2 aliphatic rings. The van der Waals surface area contributed by atoms with Gasteiger partial charge in [-0.25, -0.2) is 9.98 Å². The van der Waals surface area contributed by atoms with Crippen LogP contribution in [0.1, 0.15) is 30.1 Å². The first-order chi connectivity index (χ1) is 21.8. The van der Waals surface area contributed by atoms with E-state index >= 15 is 0 Å². The fraction of sp³-hybridized carbons (Fsp3) is 0.0769. The lowest BCUT2D eigenvalue weighted by molar-refractivity contribution is 0.669. The van der Waals surface area contributed by atoms with Crippen LogP contribution in [-0.2, 0) is 0 Å². The molecule has 3 heterocycles. The van der Waals surface area contributed by atoms with E-state index in [0.717, 1.165) is 68.7 Å². The number of hydrogen-bond donors (Lipinski definition) is 1. The van der Waals surface area contributed by atoms with Crippen LogP contribution in [0.25, 0.3) is 49.4 Å². The monoisotopic (exact) mass is 568 g/mol. The number of nitrogens with one attached hydrogen (secondary N) is 1. The maximum Gasteiger partial charge on any atom is 0.155 e. The van der Waals surface area contributed by atoms with E-state index in [1.165, 1.54) is 22.0 Å². The van der Waals surface area contributed by atoms with E-state index in [1.807, 2.05) is 36.4 Å². The number of furan rings is 1. The van der Waals surface area contributed by atoms with Crippen LogP contribution in [0.4, 0.5) is 0 Å². The first-order valence-electron chi connectivity index (χ1n) is 15.1. The summed E-state index contributed by atoms with van der Waals surface area (Å²) in [5.41, 5.74) is 8.75. The van der Waals surface area contributed by atoms with Crippen LogP contribution < -0.4 is 5.32 Å². The number of rotatable bonds is 4. The highest BCUT2D eigenvalue weighted by Crippen LogP contribution is 2.39. The van der Waals surface area contributed by atoms with Gasteiger partial charge in [-0.15, -0.1) is 0 Å². The van der Waals surface area contributed by atoms with Gasteiger partial charge in [-0.3, -0.25) is 0 Å². The lowest BCUT2D eigenvalue weighted by Crippen LogP contribution is -2.33. The molecular formula is C39H28N4O. The Morgan fingerprint density at radius 1 is 0.636 bits per heavy atom. The van der Waals surface area contributed by atoms with Gasteiger partial charge in [0.25, 0.3) is 0 Å². The molecule has 7 aromatic rings. The van der Waals surface area contributed by atoms with Crippen molar-refractivity contribution < 1.29 is 4.42 Å². The minimum absolute atomic E-state index is 0.200. The van der Waals surface area contributed by atoms with Gasteiger partial charge in [-0.1, -0.05) is 103 Å². The van der Waals surface area contributed by atoms with E-state index in [1.54, 1.807) is 0 Å². The third kappa shape index (κ3) is 4.01. The number of benzene rings is 5. The molecule has 1 unspecified atom stereocenters. The van der Waals surface area contributed by atoms with Crippen molar-refractivity contribution in [3.63, 3.8) is 0 Å². The van der Waals surface area contributed by atoms with Crippen molar-refractivity contribution in [1.82, 2.24) is 9.88 Å². The fourth-order valence-electron chi connectivity index (χ4n) is 6.64. The number of aromatic nitrogens is 1. The molecule has 0 spiro atoms. The zero-order chi connectivity index (χ0) is 29.0. The Kier molecular flexibility index (Phi) is 5.63. The molecule has 5 aromatic carbocycles.